The lowest BCUT2D eigenvalue weighted by Crippen LogP contribution is -2.27. The van der Waals surface area contributed by atoms with E-state index >= 15 is 0 Å². The minimum absolute atomic E-state index is 0.0629. The Morgan fingerprint density at radius 3 is 2.50 bits per heavy atom. The van der Waals surface area contributed by atoms with E-state index in [0.717, 1.165) is 17.0 Å². The largest absolute Gasteiger partial charge is 0.421 e. The molecule has 0 saturated heterocycles. The molecule has 2 heterocycles. The summed E-state index contributed by atoms with van der Waals surface area (Å²) < 4.78 is 65.9. The zero-order valence-corrected chi connectivity index (χ0v) is 22.4. The van der Waals surface area contributed by atoms with Crippen LogP contribution < -0.4 is 20.3 Å². The molecule has 2 unspecified atom stereocenters. The second-order valence-electron chi connectivity index (χ2n) is 9.37. The maximum Gasteiger partial charge on any atom is 0.421 e. The number of anilines is 4. The number of rotatable bonds is 11. The van der Waals surface area contributed by atoms with Gasteiger partial charge in [-0.2, -0.15) is 18.2 Å². The number of halogens is 3. The van der Waals surface area contributed by atoms with Gasteiger partial charge in [-0.05, 0) is 48.6 Å². The Hall–Kier alpha value is -3.98. The minimum Gasteiger partial charge on any atom is -0.396 e. The Labute approximate surface area is 228 Å². The van der Waals surface area contributed by atoms with Gasteiger partial charge in [0.25, 0.3) is 5.91 Å². The van der Waals surface area contributed by atoms with Gasteiger partial charge in [0.2, 0.25) is 16.0 Å². The molecule has 4 N–H and O–H groups in total. The van der Waals surface area contributed by atoms with Crippen LogP contribution in [0.1, 0.15) is 27.9 Å². The number of pyridine rings is 1. The zero-order valence-electron chi connectivity index (χ0n) is 21.6. The van der Waals surface area contributed by atoms with Crippen LogP contribution in [-0.2, 0) is 22.7 Å². The van der Waals surface area contributed by atoms with Gasteiger partial charge in [0.1, 0.15) is 17.2 Å². The van der Waals surface area contributed by atoms with Crippen LogP contribution in [0.5, 0.6) is 0 Å². The summed E-state index contributed by atoms with van der Waals surface area (Å²) in [4.78, 5) is 24.2. The molecule has 1 aliphatic rings. The second kappa shape index (κ2) is 11.6. The van der Waals surface area contributed by atoms with Crippen molar-refractivity contribution in [1.82, 2.24) is 20.3 Å². The molecule has 0 aliphatic heterocycles. The van der Waals surface area contributed by atoms with Crippen LogP contribution in [0.2, 0.25) is 0 Å². The number of sulfonamides is 1. The van der Waals surface area contributed by atoms with Gasteiger partial charge in [-0.1, -0.05) is 6.07 Å². The SMILES string of the molecule is CN(c1ncccc1CNc1nc(Nc2ccc(C(=O)NCC3CC3CO)cc2)ncc1C(F)(F)F)S(C)(=O)=O. The summed E-state index contributed by atoms with van der Waals surface area (Å²) in [5.74, 6) is -0.345. The average molecular weight is 580 g/mol. The van der Waals surface area contributed by atoms with Crippen molar-refractivity contribution in [3.05, 3.63) is 65.5 Å². The third-order valence-electron chi connectivity index (χ3n) is 6.44. The Kier molecular flexibility index (Phi) is 8.44. The molecule has 214 valence electrons. The van der Waals surface area contributed by atoms with E-state index in [4.69, 9.17) is 5.11 Å². The number of aliphatic hydroxyl groups excluding tert-OH is 1. The number of amides is 1. The van der Waals surface area contributed by atoms with Crippen molar-refractivity contribution >= 4 is 39.2 Å². The van der Waals surface area contributed by atoms with Crippen molar-refractivity contribution in [1.29, 1.82) is 0 Å². The Morgan fingerprint density at radius 1 is 1.15 bits per heavy atom. The first-order valence-corrected chi connectivity index (χ1v) is 14.0. The smallest absolute Gasteiger partial charge is 0.396 e. The highest BCUT2D eigenvalue weighted by Gasteiger charge is 2.36. The number of aromatic nitrogens is 3. The van der Waals surface area contributed by atoms with E-state index in [-0.39, 0.29) is 42.7 Å². The van der Waals surface area contributed by atoms with Gasteiger partial charge in [-0.25, -0.2) is 18.4 Å². The molecule has 1 aromatic carbocycles. The molecule has 2 aromatic heterocycles. The monoisotopic (exact) mass is 579 g/mol. The van der Waals surface area contributed by atoms with Gasteiger partial charge in [0, 0.05) is 56.0 Å². The lowest BCUT2D eigenvalue weighted by molar-refractivity contribution is -0.137. The topological polar surface area (TPSA) is 149 Å². The number of alkyl halides is 3. The van der Waals surface area contributed by atoms with Gasteiger partial charge >= 0.3 is 6.18 Å². The van der Waals surface area contributed by atoms with Crippen LogP contribution in [0.3, 0.4) is 0 Å². The third-order valence-corrected chi connectivity index (χ3v) is 7.60. The van der Waals surface area contributed by atoms with Crippen molar-refractivity contribution in [2.45, 2.75) is 19.1 Å². The van der Waals surface area contributed by atoms with E-state index in [0.29, 0.717) is 29.6 Å². The van der Waals surface area contributed by atoms with Crippen LogP contribution in [0, 0.1) is 11.8 Å². The number of aliphatic hydroxyl groups is 1. The number of benzene rings is 1. The van der Waals surface area contributed by atoms with Crippen LogP contribution >= 0.6 is 0 Å². The molecule has 1 amide bonds. The molecular formula is C25H28F3N7O4S. The van der Waals surface area contributed by atoms with E-state index in [1.165, 1.54) is 25.4 Å². The first-order valence-electron chi connectivity index (χ1n) is 12.2. The summed E-state index contributed by atoms with van der Waals surface area (Å²) in [7, 11) is -2.36. The molecule has 0 spiro atoms. The molecule has 1 fully saturated rings. The predicted molar refractivity (Wildman–Crippen MR) is 143 cm³/mol. The fraction of sp³-hybridized carbons (Fsp3) is 0.360. The van der Waals surface area contributed by atoms with Crippen LogP contribution in [0.4, 0.5) is 36.4 Å². The van der Waals surface area contributed by atoms with E-state index in [1.807, 2.05) is 0 Å². The Morgan fingerprint density at radius 2 is 1.88 bits per heavy atom. The molecule has 1 aliphatic carbocycles. The first-order chi connectivity index (χ1) is 18.9. The molecule has 4 rings (SSSR count). The predicted octanol–water partition coefficient (Wildman–Crippen LogP) is 3.00. The number of carbonyl (C=O) groups is 1. The number of hydrogen-bond acceptors (Lipinski definition) is 9. The molecule has 3 aromatic rings. The highest BCUT2D eigenvalue weighted by Crippen LogP contribution is 2.37. The van der Waals surface area contributed by atoms with Crippen LogP contribution in [0.25, 0.3) is 0 Å². The van der Waals surface area contributed by atoms with Gasteiger partial charge in [0.15, 0.2) is 0 Å². The lowest BCUT2D eigenvalue weighted by Gasteiger charge is -2.20. The van der Waals surface area contributed by atoms with E-state index < -0.39 is 27.6 Å². The maximum atomic E-state index is 13.7. The summed E-state index contributed by atoms with van der Waals surface area (Å²) in [6.45, 7) is 0.381. The van der Waals surface area contributed by atoms with Crippen molar-refractivity contribution in [2.75, 3.05) is 41.4 Å². The molecule has 2 atom stereocenters. The average Bonchev–Trinajstić information content (AvgIpc) is 3.68. The molecule has 11 nitrogen and oxygen atoms in total. The van der Waals surface area contributed by atoms with Gasteiger partial charge in [-0.3, -0.25) is 9.10 Å². The third kappa shape index (κ3) is 7.15. The quantitative estimate of drug-likeness (QED) is 0.269. The van der Waals surface area contributed by atoms with Crippen molar-refractivity contribution in [3.8, 4) is 0 Å². The van der Waals surface area contributed by atoms with Crippen molar-refractivity contribution in [2.24, 2.45) is 11.8 Å². The molecular weight excluding hydrogens is 551 g/mol. The summed E-state index contributed by atoms with van der Waals surface area (Å²) in [6.07, 6.45) is -0.865. The van der Waals surface area contributed by atoms with Crippen molar-refractivity contribution < 1.29 is 31.5 Å². The van der Waals surface area contributed by atoms with E-state index in [9.17, 15) is 26.4 Å². The van der Waals surface area contributed by atoms with Gasteiger partial charge < -0.3 is 21.1 Å². The summed E-state index contributed by atoms with van der Waals surface area (Å²) in [5, 5.41) is 17.4. The normalized spacial score (nSPS) is 16.8. The summed E-state index contributed by atoms with van der Waals surface area (Å²) in [5.41, 5.74) is 0.0630. The fourth-order valence-corrected chi connectivity index (χ4v) is 4.39. The lowest BCUT2D eigenvalue weighted by atomic mass is 10.2. The van der Waals surface area contributed by atoms with E-state index in [1.54, 1.807) is 24.3 Å². The molecule has 1 saturated carbocycles. The number of hydrogen-bond donors (Lipinski definition) is 4. The highest BCUT2D eigenvalue weighted by molar-refractivity contribution is 7.92. The number of nitrogens with zero attached hydrogens (tertiary/aromatic N) is 4. The maximum absolute atomic E-state index is 13.7. The molecule has 40 heavy (non-hydrogen) atoms. The number of carbonyl (C=O) groups excluding carboxylic acids is 1. The van der Waals surface area contributed by atoms with Gasteiger partial charge in [-0.15, -0.1) is 0 Å². The minimum atomic E-state index is -4.76. The zero-order chi connectivity index (χ0) is 29.1. The molecule has 15 heteroatoms. The standard InChI is InChI=1S/C25H28F3N7O4S/c1-35(40(2,38)39)22-16(4-3-9-29-22)11-30-21-20(25(26,27)28)13-32-24(34-21)33-19-7-5-15(6-8-19)23(37)31-12-17-10-18(17)14-36/h3-9,13,17-18,36H,10-12,14H2,1-2H3,(H,31,37)(H2,30,32,33,34). The fourth-order valence-electron chi connectivity index (χ4n) is 3.92. The summed E-state index contributed by atoms with van der Waals surface area (Å²) >= 11 is 0. The Balaban J connectivity index is 1.48. The van der Waals surface area contributed by atoms with Crippen LogP contribution in [0.15, 0.2) is 48.8 Å². The first kappa shape index (κ1) is 29.0. The van der Waals surface area contributed by atoms with Gasteiger partial charge in [0.05, 0.1) is 6.26 Å². The van der Waals surface area contributed by atoms with Crippen molar-refractivity contribution in [3.63, 3.8) is 0 Å². The van der Waals surface area contributed by atoms with Crippen LogP contribution in [-0.4, -0.2) is 60.8 Å². The summed E-state index contributed by atoms with van der Waals surface area (Å²) in [6, 6.07) is 9.33. The van der Waals surface area contributed by atoms with E-state index in [2.05, 4.69) is 30.9 Å². The highest BCUT2D eigenvalue weighted by atomic mass is 32.2. The molecule has 0 radical (unpaired) electrons. The molecule has 0 bridgehead atoms. The number of nitrogens with one attached hydrogen (secondary N) is 3. The Bertz CT molecular complexity index is 1470. The second-order valence-corrected chi connectivity index (χ2v) is 11.4.